The summed E-state index contributed by atoms with van der Waals surface area (Å²) in [6.07, 6.45) is 1.97. The first-order valence-corrected chi connectivity index (χ1v) is 8.50. The fourth-order valence-electron chi connectivity index (χ4n) is 3.05. The standard InChI is InChI=1S/C23H20N2/c1-17-8-12-19(13-9-17)22-16-24-25(21-6-4-3-5-7-21)23(22)20-14-10-18(2)11-15-20/h3-16H,1-2H3. The van der Waals surface area contributed by atoms with Crippen molar-refractivity contribution in [2.45, 2.75) is 13.8 Å². The molecule has 0 saturated heterocycles. The van der Waals surface area contributed by atoms with Crippen molar-refractivity contribution in [3.63, 3.8) is 0 Å². The highest BCUT2D eigenvalue weighted by Crippen LogP contribution is 2.34. The summed E-state index contributed by atoms with van der Waals surface area (Å²) in [5.74, 6) is 0. The third-order valence-corrected chi connectivity index (χ3v) is 4.46. The molecule has 2 nitrogen and oxygen atoms in total. The van der Waals surface area contributed by atoms with Crippen molar-refractivity contribution < 1.29 is 0 Å². The number of aryl methyl sites for hydroxylation is 2. The van der Waals surface area contributed by atoms with Crippen LogP contribution in [0.4, 0.5) is 0 Å². The minimum absolute atomic E-state index is 1.07. The summed E-state index contributed by atoms with van der Waals surface area (Å²) in [5, 5.41) is 4.70. The lowest BCUT2D eigenvalue weighted by atomic mass is 10.00. The van der Waals surface area contributed by atoms with Gasteiger partial charge in [0.1, 0.15) is 0 Å². The Balaban J connectivity index is 1.94. The maximum atomic E-state index is 4.70. The lowest BCUT2D eigenvalue weighted by Crippen LogP contribution is -1.99. The van der Waals surface area contributed by atoms with Gasteiger partial charge < -0.3 is 0 Å². The first kappa shape index (κ1) is 15.4. The molecule has 1 aromatic heterocycles. The van der Waals surface area contributed by atoms with Gasteiger partial charge in [-0.2, -0.15) is 5.10 Å². The number of rotatable bonds is 3. The van der Waals surface area contributed by atoms with Crippen LogP contribution >= 0.6 is 0 Å². The second-order valence-electron chi connectivity index (χ2n) is 6.39. The minimum Gasteiger partial charge on any atom is -0.232 e. The Hall–Kier alpha value is -3.13. The van der Waals surface area contributed by atoms with Crippen LogP contribution in [0.15, 0.2) is 85.1 Å². The van der Waals surface area contributed by atoms with Gasteiger partial charge in [0.15, 0.2) is 0 Å². The van der Waals surface area contributed by atoms with Crippen LogP contribution in [0.2, 0.25) is 0 Å². The molecule has 0 saturated carbocycles. The van der Waals surface area contributed by atoms with Gasteiger partial charge in [-0.1, -0.05) is 77.9 Å². The van der Waals surface area contributed by atoms with Gasteiger partial charge in [-0.15, -0.1) is 0 Å². The van der Waals surface area contributed by atoms with Gasteiger partial charge in [-0.3, -0.25) is 0 Å². The van der Waals surface area contributed by atoms with E-state index >= 15 is 0 Å². The monoisotopic (exact) mass is 324 g/mol. The molecule has 0 amide bonds. The van der Waals surface area contributed by atoms with Crippen molar-refractivity contribution >= 4 is 0 Å². The summed E-state index contributed by atoms with van der Waals surface area (Å²) >= 11 is 0. The van der Waals surface area contributed by atoms with Crippen LogP contribution < -0.4 is 0 Å². The zero-order chi connectivity index (χ0) is 17.2. The predicted octanol–water partition coefficient (Wildman–Crippen LogP) is 5.82. The molecule has 2 heteroatoms. The van der Waals surface area contributed by atoms with Crippen LogP contribution in [0.5, 0.6) is 0 Å². The van der Waals surface area contributed by atoms with Crippen LogP contribution in [0.25, 0.3) is 28.1 Å². The maximum Gasteiger partial charge on any atom is 0.0819 e. The Morgan fingerprint density at radius 3 is 1.80 bits per heavy atom. The van der Waals surface area contributed by atoms with Crippen LogP contribution in [0.1, 0.15) is 11.1 Å². The predicted molar refractivity (Wildman–Crippen MR) is 104 cm³/mol. The molecule has 4 rings (SSSR count). The van der Waals surface area contributed by atoms with Crippen molar-refractivity contribution in [1.29, 1.82) is 0 Å². The minimum atomic E-state index is 1.07. The van der Waals surface area contributed by atoms with Gasteiger partial charge in [-0.05, 0) is 31.5 Å². The normalized spacial score (nSPS) is 10.8. The summed E-state index contributed by atoms with van der Waals surface area (Å²) in [7, 11) is 0. The van der Waals surface area contributed by atoms with E-state index in [0.717, 1.165) is 16.9 Å². The maximum absolute atomic E-state index is 4.70. The number of benzene rings is 3. The highest BCUT2D eigenvalue weighted by Gasteiger charge is 2.15. The number of hydrogen-bond donors (Lipinski definition) is 0. The van der Waals surface area contributed by atoms with Crippen molar-refractivity contribution in [1.82, 2.24) is 9.78 Å². The van der Waals surface area contributed by atoms with Crippen molar-refractivity contribution in [3.05, 3.63) is 96.2 Å². The molecule has 0 spiro atoms. The van der Waals surface area contributed by atoms with Crippen molar-refractivity contribution in [3.8, 4) is 28.1 Å². The molecule has 1 heterocycles. The summed E-state index contributed by atoms with van der Waals surface area (Å²) in [6, 6.07) is 27.6. The fraction of sp³-hybridized carbons (Fsp3) is 0.0870. The van der Waals surface area contributed by atoms with E-state index in [-0.39, 0.29) is 0 Å². The lowest BCUT2D eigenvalue weighted by Gasteiger charge is -2.11. The largest absolute Gasteiger partial charge is 0.232 e. The van der Waals surface area contributed by atoms with Gasteiger partial charge in [0.05, 0.1) is 17.6 Å². The molecule has 0 bridgehead atoms. The average molecular weight is 324 g/mol. The number of nitrogens with zero attached hydrogens (tertiary/aromatic N) is 2. The van der Waals surface area contributed by atoms with Gasteiger partial charge in [-0.25, -0.2) is 4.68 Å². The zero-order valence-corrected chi connectivity index (χ0v) is 14.5. The van der Waals surface area contributed by atoms with E-state index in [1.165, 1.54) is 22.3 Å². The van der Waals surface area contributed by atoms with E-state index in [2.05, 4.69) is 74.5 Å². The Morgan fingerprint density at radius 2 is 1.20 bits per heavy atom. The Morgan fingerprint density at radius 1 is 0.640 bits per heavy atom. The van der Waals surface area contributed by atoms with E-state index in [0.29, 0.717) is 0 Å². The van der Waals surface area contributed by atoms with E-state index in [4.69, 9.17) is 5.10 Å². The molecule has 25 heavy (non-hydrogen) atoms. The topological polar surface area (TPSA) is 17.8 Å². The Kier molecular flexibility index (Phi) is 3.95. The molecule has 3 aromatic carbocycles. The van der Waals surface area contributed by atoms with Crippen LogP contribution in [-0.2, 0) is 0 Å². The van der Waals surface area contributed by atoms with Crippen molar-refractivity contribution in [2.75, 3.05) is 0 Å². The summed E-state index contributed by atoms with van der Waals surface area (Å²) in [6.45, 7) is 4.22. The first-order valence-electron chi connectivity index (χ1n) is 8.50. The van der Waals surface area contributed by atoms with E-state index < -0.39 is 0 Å². The molecular weight excluding hydrogens is 304 g/mol. The second-order valence-corrected chi connectivity index (χ2v) is 6.39. The zero-order valence-electron chi connectivity index (χ0n) is 14.5. The fourth-order valence-corrected chi connectivity index (χ4v) is 3.05. The van der Waals surface area contributed by atoms with Gasteiger partial charge in [0.2, 0.25) is 0 Å². The van der Waals surface area contributed by atoms with E-state index in [9.17, 15) is 0 Å². The van der Waals surface area contributed by atoms with Gasteiger partial charge >= 0.3 is 0 Å². The molecule has 0 atom stereocenters. The molecule has 0 aliphatic heterocycles. The molecule has 122 valence electrons. The highest BCUT2D eigenvalue weighted by atomic mass is 15.3. The van der Waals surface area contributed by atoms with Gasteiger partial charge in [0, 0.05) is 11.1 Å². The second kappa shape index (κ2) is 6.40. The smallest absolute Gasteiger partial charge is 0.0819 e. The number of aromatic nitrogens is 2. The molecule has 0 fully saturated rings. The van der Waals surface area contributed by atoms with Crippen molar-refractivity contribution in [2.24, 2.45) is 0 Å². The molecule has 0 aliphatic rings. The van der Waals surface area contributed by atoms with E-state index in [1.807, 2.05) is 29.1 Å². The van der Waals surface area contributed by atoms with Crippen LogP contribution in [0.3, 0.4) is 0 Å². The third-order valence-electron chi connectivity index (χ3n) is 4.46. The summed E-state index contributed by atoms with van der Waals surface area (Å²) in [4.78, 5) is 0. The average Bonchev–Trinajstić information content (AvgIpc) is 3.09. The molecule has 0 unspecified atom stereocenters. The quantitative estimate of drug-likeness (QED) is 0.464. The van der Waals surface area contributed by atoms with Crippen LogP contribution in [-0.4, -0.2) is 9.78 Å². The third kappa shape index (κ3) is 2.99. The lowest BCUT2D eigenvalue weighted by molar-refractivity contribution is 0.888. The van der Waals surface area contributed by atoms with Crippen LogP contribution in [0, 0.1) is 13.8 Å². The number of hydrogen-bond acceptors (Lipinski definition) is 1. The Labute approximate surface area is 148 Å². The molecule has 0 aliphatic carbocycles. The highest BCUT2D eigenvalue weighted by molar-refractivity contribution is 5.82. The molecule has 0 N–H and O–H groups in total. The Bertz CT molecular complexity index is 979. The molecule has 0 radical (unpaired) electrons. The summed E-state index contributed by atoms with van der Waals surface area (Å²) < 4.78 is 2.03. The van der Waals surface area contributed by atoms with E-state index in [1.54, 1.807) is 0 Å². The summed E-state index contributed by atoms with van der Waals surface area (Å²) in [5.41, 5.74) is 8.20. The van der Waals surface area contributed by atoms with Gasteiger partial charge in [0.25, 0.3) is 0 Å². The molecular formula is C23H20N2. The molecule has 4 aromatic rings. The number of para-hydroxylation sites is 1. The first-order chi connectivity index (χ1) is 12.2. The SMILES string of the molecule is Cc1ccc(-c2cnn(-c3ccccc3)c2-c2ccc(C)cc2)cc1.